The van der Waals surface area contributed by atoms with Gasteiger partial charge in [0, 0.05) is 56.5 Å². The number of carbonyl (C=O) groups excluding carboxylic acids is 4. The summed E-state index contributed by atoms with van der Waals surface area (Å²) in [4.78, 5) is 64.7. The van der Waals surface area contributed by atoms with Crippen molar-refractivity contribution in [2.24, 2.45) is 0 Å². The first-order valence-electron chi connectivity index (χ1n) is 19.2. The molecule has 310 valence electrons. The number of piperazine rings is 1. The van der Waals surface area contributed by atoms with Gasteiger partial charge in [0.2, 0.25) is 17.8 Å². The predicted octanol–water partition coefficient (Wildman–Crippen LogP) is 5.76. The number of aryl methyl sites for hydroxylation is 1. The van der Waals surface area contributed by atoms with E-state index in [4.69, 9.17) is 16.3 Å². The van der Waals surface area contributed by atoms with Gasteiger partial charge < -0.3 is 20.3 Å². The van der Waals surface area contributed by atoms with Crippen molar-refractivity contribution in [3.05, 3.63) is 87.8 Å². The summed E-state index contributed by atoms with van der Waals surface area (Å²) < 4.78 is 48.4. The van der Waals surface area contributed by atoms with Crippen molar-refractivity contribution in [1.29, 1.82) is 0 Å². The van der Waals surface area contributed by atoms with Gasteiger partial charge in [-0.25, -0.2) is 17.8 Å². The van der Waals surface area contributed by atoms with Crippen LogP contribution in [0.25, 0.3) is 0 Å². The summed E-state index contributed by atoms with van der Waals surface area (Å²) in [7, 11) is -3.61. The van der Waals surface area contributed by atoms with E-state index in [0.717, 1.165) is 16.2 Å². The Labute approximate surface area is 346 Å². The molecule has 0 spiro atoms. The fourth-order valence-corrected chi connectivity index (χ4v) is 8.71. The first kappa shape index (κ1) is 41.5. The number of amides is 4. The van der Waals surface area contributed by atoms with Crippen molar-refractivity contribution in [2.75, 3.05) is 41.7 Å². The van der Waals surface area contributed by atoms with E-state index in [1.807, 2.05) is 32.9 Å². The molecule has 3 aliphatic rings. The van der Waals surface area contributed by atoms with Gasteiger partial charge in [-0.1, -0.05) is 29.8 Å². The highest BCUT2D eigenvalue weighted by molar-refractivity contribution is 7.92. The van der Waals surface area contributed by atoms with Crippen LogP contribution in [0.2, 0.25) is 5.02 Å². The smallest absolute Gasteiger partial charge is 0.265 e. The van der Waals surface area contributed by atoms with Crippen molar-refractivity contribution in [3.8, 4) is 5.75 Å². The summed E-state index contributed by atoms with van der Waals surface area (Å²) in [5.74, 6) is -2.70. The van der Waals surface area contributed by atoms with Gasteiger partial charge in [0.1, 0.15) is 22.6 Å². The molecule has 0 saturated carbocycles. The third kappa shape index (κ3) is 8.31. The lowest BCUT2D eigenvalue weighted by Crippen LogP contribution is -2.54. The topological polar surface area (TPSA) is 183 Å². The van der Waals surface area contributed by atoms with E-state index in [1.165, 1.54) is 24.4 Å². The van der Waals surface area contributed by atoms with Gasteiger partial charge in [0.25, 0.3) is 11.8 Å². The Morgan fingerprint density at radius 1 is 0.966 bits per heavy atom. The molecule has 3 aliphatic heterocycles. The number of fused-ring (bicyclic) bond motifs is 1. The summed E-state index contributed by atoms with van der Waals surface area (Å²) in [5.41, 5.74) is 2.62. The Hall–Kier alpha value is -5.65. The van der Waals surface area contributed by atoms with Crippen LogP contribution in [0, 0.1) is 12.7 Å². The van der Waals surface area contributed by atoms with E-state index in [0.29, 0.717) is 43.3 Å². The van der Waals surface area contributed by atoms with Crippen LogP contribution in [0.5, 0.6) is 5.75 Å². The number of para-hydroxylation sites is 1. The van der Waals surface area contributed by atoms with Gasteiger partial charge in [0.05, 0.1) is 44.9 Å². The lowest BCUT2D eigenvalue weighted by molar-refractivity contribution is -0.136. The number of imide groups is 2. The number of anilines is 5. The predicted molar refractivity (Wildman–Crippen MR) is 220 cm³/mol. The quantitative estimate of drug-likeness (QED) is 0.147. The molecule has 2 fully saturated rings. The monoisotopic (exact) mass is 846 g/mol. The maximum Gasteiger partial charge on any atom is 0.265 e. The molecule has 0 bridgehead atoms. The molecule has 7 rings (SSSR count). The highest BCUT2D eigenvalue weighted by Gasteiger charge is 2.46. The van der Waals surface area contributed by atoms with E-state index >= 15 is 4.39 Å². The Bertz CT molecular complexity index is 2480. The molecule has 18 heteroatoms. The van der Waals surface area contributed by atoms with Gasteiger partial charge in [-0.15, -0.1) is 0 Å². The summed E-state index contributed by atoms with van der Waals surface area (Å²) in [6.07, 6.45) is 1.21. The van der Waals surface area contributed by atoms with Crippen LogP contribution >= 0.6 is 11.6 Å². The number of aromatic nitrogens is 2. The van der Waals surface area contributed by atoms with Gasteiger partial charge >= 0.3 is 0 Å². The highest BCUT2D eigenvalue weighted by Crippen LogP contribution is 2.38. The molecule has 15 nitrogen and oxygen atoms in total. The lowest BCUT2D eigenvalue weighted by Gasteiger charge is -2.37. The number of carbonyl (C=O) groups is 4. The standard InChI is InChI=1S/C41H44ClFN8O7S/c1-22(2)58-32-19-31(24(5)18-29(32)46-41-44-20-27(42)37(48-41)45-28-8-6-7-9-33(28)59(56,57)23(3)4)50-16-14-49(15-17-50)21-25-10-11-26-35(36(25)43)40(55)51(39(26)54)30-12-13-34(52)47-38(30)53/h6-11,18-20,22-23,30H,12-17,21H2,1-5H3,(H,47,52,53)(H2,44,45,46,48). The zero-order valence-corrected chi connectivity index (χ0v) is 34.7. The molecule has 0 radical (unpaired) electrons. The summed E-state index contributed by atoms with van der Waals surface area (Å²) in [6.45, 7) is 11.6. The fourth-order valence-electron chi connectivity index (χ4n) is 7.37. The molecule has 1 aromatic heterocycles. The van der Waals surface area contributed by atoms with Gasteiger partial charge in [0.15, 0.2) is 15.7 Å². The van der Waals surface area contributed by atoms with Gasteiger partial charge in [-0.3, -0.25) is 34.3 Å². The van der Waals surface area contributed by atoms with Crippen molar-refractivity contribution >= 4 is 73.9 Å². The molecule has 2 saturated heterocycles. The van der Waals surface area contributed by atoms with Crippen molar-refractivity contribution in [2.45, 2.75) is 76.3 Å². The number of hydrogen-bond acceptors (Lipinski definition) is 13. The zero-order chi connectivity index (χ0) is 42.3. The van der Waals surface area contributed by atoms with Crippen LogP contribution in [-0.2, 0) is 26.0 Å². The number of rotatable bonds is 12. The van der Waals surface area contributed by atoms with Crippen LogP contribution in [0.15, 0.2) is 59.6 Å². The van der Waals surface area contributed by atoms with E-state index in [2.05, 4.69) is 35.7 Å². The second-order valence-electron chi connectivity index (χ2n) is 15.2. The minimum Gasteiger partial charge on any atom is -0.489 e. The molecule has 1 unspecified atom stereocenters. The number of benzene rings is 3. The summed E-state index contributed by atoms with van der Waals surface area (Å²) >= 11 is 6.48. The molecule has 3 N–H and O–H groups in total. The summed E-state index contributed by atoms with van der Waals surface area (Å²) in [5, 5.41) is 8.02. The largest absolute Gasteiger partial charge is 0.489 e. The molecule has 4 amide bonds. The van der Waals surface area contributed by atoms with Crippen molar-refractivity contribution < 1.29 is 36.7 Å². The molecule has 1 atom stereocenters. The third-order valence-electron chi connectivity index (χ3n) is 10.5. The Morgan fingerprint density at radius 2 is 1.69 bits per heavy atom. The fraction of sp³-hybridized carbons (Fsp3) is 0.366. The average Bonchev–Trinajstić information content (AvgIpc) is 3.44. The number of nitrogens with zero attached hydrogens (tertiary/aromatic N) is 5. The number of piperidine rings is 1. The normalized spacial score (nSPS) is 17.5. The van der Waals surface area contributed by atoms with Crippen molar-refractivity contribution in [1.82, 2.24) is 25.1 Å². The molecule has 4 heterocycles. The van der Waals surface area contributed by atoms with Crippen molar-refractivity contribution in [3.63, 3.8) is 0 Å². The van der Waals surface area contributed by atoms with E-state index in [9.17, 15) is 27.6 Å². The second-order valence-corrected chi connectivity index (χ2v) is 18.1. The van der Waals surface area contributed by atoms with Gasteiger partial charge in [-0.05, 0) is 70.9 Å². The number of ether oxygens (including phenoxy) is 1. The Morgan fingerprint density at radius 3 is 2.39 bits per heavy atom. The molecule has 4 aromatic rings. The molecule has 0 aliphatic carbocycles. The average molecular weight is 847 g/mol. The SMILES string of the molecule is Cc1cc(Nc2ncc(Cl)c(Nc3ccccc3S(=O)(=O)C(C)C)n2)c(OC(C)C)cc1N1CCN(Cc2ccc3c(c2F)C(=O)N(C2CCC(=O)NC2=O)C3=O)CC1. The number of hydrogen-bond donors (Lipinski definition) is 3. The minimum absolute atomic E-state index is 0.0140. The first-order chi connectivity index (χ1) is 28.0. The van der Waals surface area contributed by atoms with Crippen LogP contribution in [0.4, 0.5) is 33.2 Å². The zero-order valence-electron chi connectivity index (χ0n) is 33.1. The number of sulfone groups is 1. The Kier molecular flexibility index (Phi) is 11.6. The van der Waals surface area contributed by atoms with E-state index in [1.54, 1.807) is 32.0 Å². The van der Waals surface area contributed by atoms with Gasteiger partial charge in [-0.2, -0.15) is 4.98 Å². The number of nitrogens with one attached hydrogen (secondary N) is 3. The maximum absolute atomic E-state index is 16.0. The highest BCUT2D eigenvalue weighted by atomic mass is 35.5. The molecular weight excluding hydrogens is 803 g/mol. The van der Waals surface area contributed by atoms with Crippen LogP contribution in [0.3, 0.4) is 0 Å². The van der Waals surface area contributed by atoms with E-state index in [-0.39, 0.29) is 63.9 Å². The number of halogens is 2. The van der Waals surface area contributed by atoms with E-state index < -0.39 is 50.6 Å². The summed E-state index contributed by atoms with van der Waals surface area (Å²) in [6, 6.07) is 12.2. The van der Waals surface area contributed by atoms with Crippen LogP contribution in [-0.4, -0.2) is 95.4 Å². The third-order valence-corrected chi connectivity index (χ3v) is 12.9. The molecule has 59 heavy (non-hydrogen) atoms. The van der Waals surface area contributed by atoms with Crippen LogP contribution < -0.4 is 25.6 Å². The maximum atomic E-state index is 16.0. The first-order valence-corrected chi connectivity index (χ1v) is 21.2. The second kappa shape index (κ2) is 16.5. The Balaban J connectivity index is 1.05. The molecular formula is C41H44ClFN8O7S. The van der Waals surface area contributed by atoms with Crippen LogP contribution in [0.1, 0.15) is 72.4 Å². The lowest BCUT2D eigenvalue weighted by atomic mass is 10.0. The minimum atomic E-state index is -3.61. The molecule has 3 aromatic carbocycles.